The number of hydrogen-bond acceptors (Lipinski definition) is 5. The second-order valence-electron chi connectivity index (χ2n) is 5.28. The van der Waals surface area contributed by atoms with Crippen molar-refractivity contribution in [3.63, 3.8) is 0 Å². The molecule has 8 heteroatoms. The van der Waals surface area contributed by atoms with Crippen LogP contribution >= 0.6 is 0 Å². The number of H-pyrrole nitrogens is 1. The Hall–Kier alpha value is -3.55. The summed E-state index contributed by atoms with van der Waals surface area (Å²) < 4.78 is 18.9. The lowest BCUT2D eigenvalue weighted by atomic mass is 10.1. The van der Waals surface area contributed by atoms with E-state index in [9.17, 15) is 9.18 Å². The maximum atomic E-state index is 13.4. The molecule has 0 atom stereocenters. The number of fused-ring (bicyclic) bond motifs is 1. The fraction of sp³-hybridized carbons (Fsp3) is 0.0588. The van der Waals surface area contributed by atoms with Crippen molar-refractivity contribution in [1.29, 1.82) is 0 Å². The minimum absolute atomic E-state index is 0.100. The number of carbonyl (C=O) groups is 1. The van der Waals surface area contributed by atoms with E-state index in [2.05, 4.69) is 25.5 Å². The van der Waals surface area contributed by atoms with Crippen LogP contribution in [0.1, 0.15) is 16.2 Å². The molecule has 4 aromatic rings. The molecule has 2 N–H and O–H groups in total. The quantitative estimate of drug-likeness (QED) is 0.597. The van der Waals surface area contributed by atoms with E-state index >= 15 is 0 Å². The molecule has 0 radical (unpaired) electrons. The molecule has 0 aliphatic rings. The van der Waals surface area contributed by atoms with Gasteiger partial charge in [0.15, 0.2) is 11.2 Å². The number of rotatable bonds is 4. The van der Waals surface area contributed by atoms with Crippen molar-refractivity contribution in [2.45, 2.75) is 6.54 Å². The van der Waals surface area contributed by atoms with Gasteiger partial charge in [0.2, 0.25) is 5.89 Å². The van der Waals surface area contributed by atoms with Crippen LogP contribution in [0.5, 0.6) is 0 Å². The van der Waals surface area contributed by atoms with Crippen LogP contribution in [-0.2, 0) is 6.54 Å². The second-order valence-corrected chi connectivity index (χ2v) is 5.28. The molecule has 4 rings (SSSR count). The molecular formula is C17H12FN5O2. The Morgan fingerprint density at radius 2 is 2.20 bits per heavy atom. The van der Waals surface area contributed by atoms with Crippen molar-refractivity contribution in [3.8, 4) is 11.3 Å². The summed E-state index contributed by atoms with van der Waals surface area (Å²) in [5.41, 5.74) is 2.32. The first kappa shape index (κ1) is 15.0. The number of hydrogen-bond donors (Lipinski definition) is 2. The Balaban J connectivity index is 1.53. The van der Waals surface area contributed by atoms with E-state index in [-0.39, 0.29) is 12.5 Å². The van der Waals surface area contributed by atoms with Crippen LogP contribution in [0.3, 0.4) is 0 Å². The number of oxazole rings is 1. The van der Waals surface area contributed by atoms with Gasteiger partial charge in [-0.15, -0.1) is 0 Å². The van der Waals surface area contributed by atoms with Crippen LogP contribution in [0.4, 0.5) is 4.39 Å². The molecule has 3 aromatic heterocycles. The van der Waals surface area contributed by atoms with Crippen LogP contribution < -0.4 is 5.32 Å². The van der Waals surface area contributed by atoms with Crippen LogP contribution in [0.15, 0.2) is 53.2 Å². The Morgan fingerprint density at radius 3 is 3.04 bits per heavy atom. The van der Waals surface area contributed by atoms with E-state index in [4.69, 9.17) is 4.42 Å². The van der Waals surface area contributed by atoms with Gasteiger partial charge in [-0.25, -0.2) is 9.37 Å². The highest BCUT2D eigenvalue weighted by atomic mass is 19.1. The van der Waals surface area contributed by atoms with E-state index in [1.54, 1.807) is 30.5 Å². The van der Waals surface area contributed by atoms with Crippen molar-refractivity contribution >= 4 is 17.1 Å². The molecule has 0 bridgehead atoms. The fourth-order valence-electron chi connectivity index (χ4n) is 2.46. The minimum Gasteiger partial charge on any atom is -0.437 e. The smallest absolute Gasteiger partial charge is 0.255 e. The number of halogens is 1. The van der Waals surface area contributed by atoms with Crippen molar-refractivity contribution < 1.29 is 13.6 Å². The van der Waals surface area contributed by atoms with Gasteiger partial charge in [-0.3, -0.25) is 9.89 Å². The number of amides is 1. The average Bonchev–Trinajstić information content (AvgIpc) is 3.26. The van der Waals surface area contributed by atoms with Crippen LogP contribution in [-0.4, -0.2) is 26.1 Å². The van der Waals surface area contributed by atoms with Crippen molar-refractivity contribution in [1.82, 2.24) is 25.5 Å². The van der Waals surface area contributed by atoms with Gasteiger partial charge in [-0.1, -0.05) is 12.1 Å². The van der Waals surface area contributed by atoms with Gasteiger partial charge in [-0.05, 0) is 24.3 Å². The molecule has 25 heavy (non-hydrogen) atoms. The number of aromatic nitrogens is 4. The minimum atomic E-state index is -0.391. The van der Waals surface area contributed by atoms with E-state index in [1.807, 2.05) is 0 Å². The van der Waals surface area contributed by atoms with Crippen LogP contribution in [0, 0.1) is 5.82 Å². The number of pyridine rings is 1. The van der Waals surface area contributed by atoms with Crippen LogP contribution in [0.25, 0.3) is 22.5 Å². The molecule has 0 spiro atoms. The summed E-state index contributed by atoms with van der Waals surface area (Å²) in [5.74, 6) is -0.418. The highest BCUT2D eigenvalue weighted by Gasteiger charge is 2.16. The topological polar surface area (TPSA) is 96.7 Å². The molecule has 0 aliphatic carbocycles. The summed E-state index contributed by atoms with van der Waals surface area (Å²) in [4.78, 5) is 20.7. The monoisotopic (exact) mass is 337 g/mol. The fourth-order valence-corrected chi connectivity index (χ4v) is 2.46. The average molecular weight is 337 g/mol. The Labute approximate surface area is 140 Å². The molecule has 0 saturated carbocycles. The number of nitrogens with zero attached hydrogens (tertiary/aromatic N) is 3. The van der Waals surface area contributed by atoms with Gasteiger partial charge in [0.1, 0.15) is 5.82 Å². The maximum absolute atomic E-state index is 13.4. The van der Waals surface area contributed by atoms with Gasteiger partial charge < -0.3 is 9.73 Å². The summed E-state index contributed by atoms with van der Waals surface area (Å²) in [5, 5.41) is 9.32. The van der Waals surface area contributed by atoms with Gasteiger partial charge in [-0.2, -0.15) is 10.1 Å². The first-order valence-corrected chi connectivity index (χ1v) is 7.48. The summed E-state index contributed by atoms with van der Waals surface area (Å²) in [6.07, 6.45) is 3.01. The zero-order valence-electron chi connectivity index (χ0n) is 12.9. The normalized spacial score (nSPS) is 10.9. The van der Waals surface area contributed by atoms with E-state index in [0.29, 0.717) is 33.9 Å². The Kier molecular flexibility index (Phi) is 3.70. The largest absolute Gasteiger partial charge is 0.437 e. The second kappa shape index (κ2) is 6.16. The number of carbonyl (C=O) groups excluding carboxylic acids is 1. The SMILES string of the molecule is O=C(NCc1nc2ncccc2o1)c1cn[nH]c1-c1cccc(F)c1. The van der Waals surface area contributed by atoms with E-state index in [1.165, 1.54) is 18.3 Å². The summed E-state index contributed by atoms with van der Waals surface area (Å²) in [6, 6.07) is 9.42. The van der Waals surface area contributed by atoms with Gasteiger partial charge in [0, 0.05) is 11.8 Å². The lowest BCUT2D eigenvalue weighted by Gasteiger charge is -2.04. The zero-order chi connectivity index (χ0) is 17.2. The predicted molar refractivity (Wildman–Crippen MR) is 87.0 cm³/mol. The van der Waals surface area contributed by atoms with Gasteiger partial charge in [0.25, 0.3) is 5.91 Å². The summed E-state index contributed by atoms with van der Waals surface area (Å²) >= 11 is 0. The summed E-state index contributed by atoms with van der Waals surface area (Å²) in [6.45, 7) is 0.100. The van der Waals surface area contributed by atoms with E-state index < -0.39 is 5.82 Å². The van der Waals surface area contributed by atoms with Crippen molar-refractivity contribution in [2.24, 2.45) is 0 Å². The van der Waals surface area contributed by atoms with Gasteiger partial charge in [0.05, 0.1) is 24.0 Å². The first-order valence-electron chi connectivity index (χ1n) is 7.48. The molecule has 1 aromatic carbocycles. The zero-order valence-corrected chi connectivity index (χ0v) is 12.9. The predicted octanol–water partition coefficient (Wildman–Crippen LogP) is 2.68. The molecule has 0 aliphatic heterocycles. The standard InChI is InChI=1S/C17H12FN5O2/c18-11-4-1-3-10(7-11)15-12(8-21-23-15)17(24)20-9-14-22-16-13(25-14)5-2-6-19-16/h1-8H,9H2,(H,20,24)(H,21,23). The molecule has 124 valence electrons. The third-order valence-corrected chi connectivity index (χ3v) is 3.61. The molecule has 0 fully saturated rings. The van der Waals surface area contributed by atoms with Crippen molar-refractivity contribution in [3.05, 3.63) is 66.1 Å². The maximum Gasteiger partial charge on any atom is 0.255 e. The molecule has 7 nitrogen and oxygen atoms in total. The van der Waals surface area contributed by atoms with Crippen LogP contribution in [0.2, 0.25) is 0 Å². The molecule has 0 unspecified atom stereocenters. The number of benzene rings is 1. The third-order valence-electron chi connectivity index (χ3n) is 3.61. The highest BCUT2D eigenvalue weighted by molar-refractivity contribution is 5.99. The highest BCUT2D eigenvalue weighted by Crippen LogP contribution is 2.22. The first-order chi connectivity index (χ1) is 12.2. The third kappa shape index (κ3) is 2.97. The molecule has 1 amide bonds. The van der Waals surface area contributed by atoms with Crippen molar-refractivity contribution in [2.75, 3.05) is 0 Å². The number of aromatic amines is 1. The molecule has 3 heterocycles. The summed E-state index contributed by atoms with van der Waals surface area (Å²) in [7, 11) is 0. The Morgan fingerprint density at radius 1 is 1.28 bits per heavy atom. The molecular weight excluding hydrogens is 325 g/mol. The molecule has 0 saturated heterocycles. The lowest BCUT2D eigenvalue weighted by molar-refractivity contribution is 0.0948. The number of nitrogens with one attached hydrogen (secondary N) is 2. The van der Waals surface area contributed by atoms with E-state index in [0.717, 1.165) is 0 Å². The lowest BCUT2D eigenvalue weighted by Crippen LogP contribution is -2.23. The Bertz CT molecular complexity index is 1020. The van der Waals surface area contributed by atoms with Gasteiger partial charge >= 0.3 is 0 Å².